The SMILES string of the molecule is Oc1cc(F)cc(C2C[C@H](O)c3cc(F)ccc3O2)c1. The summed E-state index contributed by atoms with van der Waals surface area (Å²) in [7, 11) is 0. The van der Waals surface area contributed by atoms with E-state index in [1.165, 1.54) is 30.3 Å². The lowest BCUT2D eigenvalue weighted by Crippen LogP contribution is -2.19. The smallest absolute Gasteiger partial charge is 0.127 e. The van der Waals surface area contributed by atoms with Crippen LogP contribution in [-0.4, -0.2) is 10.2 Å². The maximum atomic E-state index is 13.3. The molecule has 2 N–H and O–H groups in total. The lowest BCUT2D eigenvalue weighted by Gasteiger charge is -2.30. The van der Waals surface area contributed by atoms with Crippen molar-refractivity contribution < 1.29 is 23.7 Å². The Balaban J connectivity index is 1.96. The average Bonchev–Trinajstić information content (AvgIpc) is 2.38. The van der Waals surface area contributed by atoms with Gasteiger partial charge in [-0.3, -0.25) is 0 Å². The number of phenols is 1. The predicted molar refractivity (Wildman–Crippen MR) is 67.4 cm³/mol. The highest BCUT2D eigenvalue weighted by atomic mass is 19.1. The molecule has 1 aliphatic rings. The minimum Gasteiger partial charge on any atom is -0.508 e. The number of phenolic OH excluding ortho intramolecular Hbond substituents is 1. The van der Waals surface area contributed by atoms with E-state index >= 15 is 0 Å². The highest BCUT2D eigenvalue weighted by Crippen LogP contribution is 2.41. The van der Waals surface area contributed by atoms with Crippen molar-refractivity contribution in [2.75, 3.05) is 0 Å². The lowest BCUT2D eigenvalue weighted by molar-refractivity contribution is 0.0650. The first kappa shape index (κ1) is 12.9. The molecule has 2 atom stereocenters. The van der Waals surface area contributed by atoms with E-state index in [2.05, 4.69) is 0 Å². The van der Waals surface area contributed by atoms with E-state index < -0.39 is 23.8 Å². The number of rotatable bonds is 1. The molecular formula is C15H12F2O3. The molecule has 0 fully saturated rings. The average molecular weight is 278 g/mol. The number of halogens is 2. The van der Waals surface area contributed by atoms with Gasteiger partial charge >= 0.3 is 0 Å². The van der Waals surface area contributed by atoms with Gasteiger partial charge in [0.05, 0.1) is 6.10 Å². The van der Waals surface area contributed by atoms with E-state index in [1.54, 1.807) is 0 Å². The van der Waals surface area contributed by atoms with E-state index in [0.717, 1.165) is 6.07 Å². The first-order valence-corrected chi connectivity index (χ1v) is 6.16. The van der Waals surface area contributed by atoms with E-state index in [-0.39, 0.29) is 12.2 Å². The molecule has 3 nitrogen and oxygen atoms in total. The summed E-state index contributed by atoms with van der Waals surface area (Å²) in [6.07, 6.45) is -1.33. The molecule has 5 heteroatoms. The number of hydrogen-bond donors (Lipinski definition) is 2. The van der Waals surface area contributed by atoms with Crippen molar-refractivity contribution >= 4 is 0 Å². The zero-order valence-corrected chi connectivity index (χ0v) is 10.4. The van der Waals surface area contributed by atoms with Crippen LogP contribution in [-0.2, 0) is 0 Å². The van der Waals surface area contributed by atoms with Crippen LogP contribution in [0.5, 0.6) is 11.5 Å². The number of hydrogen-bond acceptors (Lipinski definition) is 3. The summed E-state index contributed by atoms with van der Waals surface area (Å²) in [6.45, 7) is 0. The summed E-state index contributed by atoms with van der Waals surface area (Å²) in [5.74, 6) is -0.877. The first-order valence-electron chi connectivity index (χ1n) is 6.16. The Bertz CT molecular complexity index is 637. The number of fused-ring (bicyclic) bond motifs is 1. The Hall–Kier alpha value is -2.14. The van der Waals surface area contributed by atoms with Crippen LogP contribution >= 0.6 is 0 Å². The van der Waals surface area contributed by atoms with Gasteiger partial charge < -0.3 is 14.9 Å². The van der Waals surface area contributed by atoms with Crippen LogP contribution in [0, 0.1) is 11.6 Å². The van der Waals surface area contributed by atoms with Crippen LogP contribution in [0.2, 0.25) is 0 Å². The van der Waals surface area contributed by atoms with Crippen LogP contribution in [0.1, 0.15) is 29.8 Å². The van der Waals surface area contributed by atoms with Gasteiger partial charge in [-0.25, -0.2) is 8.78 Å². The van der Waals surface area contributed by atoms with Crippen molar-refractivity contribution in [3.8, 4) is 11.5 Å². The second-order valence-electron chi connectivity index (χ2n) is 4.78. The topological polar surface area (TPSA) is 49.7 Å². The zero-order chi connectivity index (χ0) is 14.3. The number of aliphatic hydroxyl groups is 1. The molecule has 0 spiro atoms. The van der Waals surface area contributed by atoms with Gasteiger partial charge in [0, 0.05) is 18.1 Å². The van der Waals surface area contributed by atoms with Crippen LogP contribution in [0.3, 0.4) is 0 Å². The molecule has 1 unspecified atom stereocenters. The fourth-order valence-corrected chi connectivity index (χ4v) is 2.40. The van der Waals surface area contributed by atoms with Gasteiger partial charge in [-0.2, -0.15) is 0 Å². The monoisotopic (exact) mass is 278 g/mol. The van der Waals surface area contributed by atoms with Crippen LogP contribution in [0.15, 0.2) is 36.4 Å². The summed E-state index contributed by atoms with van der Waals surface area (Å²) < 4.78 is 32.1. The molecule has 3 rings (SSSR count). The van der Waals surface area contributed by atoms with Gasteiger partial charge in [-0.15, -0.1) is 0 Å². The van der Waals surface area contributed by atoms with Crippen LogP contribution < -0.4 is 4.74 Å². The Kier molecular flexibility index (Phi) is 3.06. The third-order valence-electron chi connectivity index (χ3n) is 3.31. The van der Waals surface area contributed by atoms with Crippen molar-refractivity contribution in [1.29, 1.82) is 0 Å². The van der Waals surface area contributed by atoms with E-state index in [4.69, 9.17) is 4.74 Å². The third kappa shape index (κ3) is 2.32. The van der Waals surface area contributed by atoms with Crippen molar-refractivity contribution in [2.24, 2.45) is 0 Å². The summed E-state index contributed by atoms with van der Waals surface area (Å²) >= 11 is 0. The van der Waals surface area contributed by atoms with Gasteiger partial charge in [0.25, 0.3) is 0 Å². The van der Waals surface area contributed by atoms with Crippen molar-refractivity contribution in [2.45, 2.75) is 18.6 Å². The van der Waals surface area contributed by atoms with Gasteiger partial charge in [-0.05, 0) is 35.9 Å². The lowest BCUT2D eigenvalue weighted by atomic mass is 9.95. The molecule has 0 saturated heterocycles. The summed E-state index contributed by atoms with van der Waals surface area (Å²) in [6, 6.07) is 7.50. The molecule has 0 saturated carbocycles. The molecule has 0 bridgehead atoms. The molecule has 1 aliphatic heterocycles. The minimum atomic E-state index is -0.898. The Morgan fingerprint density at radius 1 is 1.05 bits per heavy atom. The summed E-state index contributed by atoms with van der Waals surface area (Å²) in [5.41, 5.74) is 0.804. The molecule has 0 aromatic heterocycles. The molecule has 2 aromatic rings. The minimum absolute atomic E-state index is 0.166. The fraction of sp³-hybridized carbons (Fsp3) is 0.200. The Morgan fingerprint density at radius 3 is 2.60 bits per heavy atom. The van der Waals surface area contributed by atoms with Crippen LogP contribution in [0.4, 0.5) is 8.78 Å². The molecule has 0 amide bonds. The Morgan fingerprint density at radius 2 is 1.85 bits per heavy atom. The maximum absolute atomic E-state index is 13.3. The van der Waals surface area contributed by atoms with Crippen molar-refractivity contribution in [3.63, 3.8) is 0 Å². The van der Waals surface area contributed by atoms with E-state index in [1.807, 2.05) is 0 Å². The molecule has 1 heterocycles. The second-order valence-corrected chi connectivity index (χ2v) is 4.78. The van der Waals surface area contributed by atoms with Gasteiger partial charge in [0.15, 0.2) is 0 Å². The van der Waals surface area contributed by atoms with Gasteiger partial charge in [0.2, 0.25) is 0 Å². The normalized spacial score (nSPS) is 21.1. The van der Waals surface area contributed by atoms with Crippen LogP contribution in [0.25, 0.3) is 0 Å². The standard InChI is InChI=1S/C15H12F2O3/c16-9-1-2-14-12(6-9)13(19)7-15(20-14)8-3-10(17)5-11(18)4-8/h1-6,13,15,18-19H,7H2/t13-,15?/m0/s1. The van der Waals surface area contributed by atoms with Crippen molar-refractivity contribution in [3.05, 3.63) is 59.2 Å². The molecule has 20 heavy (non-hydrogen) atoms. The molecule has 0 radical (unpaired) electrons. The van der Waals surface area contributed by atoms with Gasteiger partial charge in [-0.1, -0.05) is 0 Å². The summed E-state index contributed by atoms with van der Waals surface area (Å²) in [5, 5.41) is 19.5. The van der Waals surface area contributed by atoms with Crippen molar-refractivity contribution in [1.82, 2.24) is 0 Å². The fourth-order valence-electron chi connectivity index (χ4n) is 2.40. The van der Waals surface area contributed by atoms with Gasteiger partial charge in [0.1, 0.15) is 29.2 Å². The molecule has 0 aliphatic carbocycles. The molecular weight excluding hydrogens is 266 g/mol. The quantitative estimate of drug-likeness (QED) is 0.842. The van der Waals surface area contributed by atoms with E-state index in [9.17, 15) is 19.0 Å². The second kappa shape index (κ2) is 4.76. The molecule has 104 valence electrons. The highest BCUT2D eigenvalue weighted by molar-refractivity contribution is 5.39. The third-order valence-corrected chi connectivity index (χ3v) is 3.31. The Labute approximate surface area is 114 Å². The number of aromatic hydroxyl groups is 1. The van der Waals surface area contributed by atoms with E-state index in [0.29, 0.717) is 16.9 Å². The predicted octanol–water partition coefficient (Wildman–Crippen LogP) is 3.23. The number of ether oxygens (including phenoxy) is 1. The number of aliphatic hydroxyl groups excluding tert-OH is 1. The number of benzene rings is 2. The summed E-state index contributed by atoms with van der Waals surface area (Å²) in [4.78, 5) is 0. The zero-order valence-electron chi connectivity index (χ0n) is 10.4. The maximum Gasteiger partial charge on any atom is 0.127 e. The molecule has 2 aromatic carbocycles. The highest BCUT2D eigenvalue weighted by Gasteiger charge is 2.28. The first-order chi connectivity index (χ1) is 9.52. The largest absolute Gasteiger partial charge is 0.508 e.